The predicted molar refractivity (Wildman–Crippen MR) is 105 cm³/mol. The van der Waals surface area contributed by atoms with Crippen molar-refractivity contribution in [2.24, 2.45) is 5.92 Å². The standard InChI is InChI=1S/C17H26N6O3S/c1-5-26-16(25)15(24)18-7-8-23-14-12(10-20-23)13(19-9-11(3)4)21-17(22-14)27-6-2/h10-11H,5-9H2,1-4H3,(H,18,24)(H,19,21,22). The zero-order valence-electron chi connectivity index (χ0n) is 16.1. The van der Waals surface area contributed by atoms with Crippen LogP contribution in [-0.4, -0.2) is 57.1 Å². The minimum absolute atomic E-state index is 0.164. The van der Waals surface area contributed by atoms with Crippen LogP contribution >= 0.6 is 11.8 Å². The first-order valence-corrected chi connectivity index (χ1v) is 9.99. The maximum atomic E-state index is 11.6. The molecular weight excluding hydrogens is 368 g/mol. The Balaban J connectivity index is 2.15. The normalized spacial score (nSPS) is 11.0. The van der Waals surface area contributed by atoms with Crippen LogP contribution in [0.25, 0.3) is 11.0 Å². The van der Waals surface area contributed by atoms with Gasteiger partial charge in [-0.1, -0.05) is 32.5 Å². The first-order chi connectivity index (χ1) is 13.0. The first kappa shape index (κ1) is 20.9. The lowest BCUT2D eigenvalue weighted by atomic mass is 10.2. The molecule has 0 fully saturated rings. The summed E-state index contributed by atoms with van der Waals surface area (Å²) in [6.45, 7) is 9.53. The molecule has 0 aliphatic rings. The Morgan fingerprint density at radius 2 is 2.07 bits per heavy atom. The second-order valence-electron chi connectivity index (χ2n) is 6.14. The van der Waals surface area contributed by atoms with Crippen molar-refractivity contribution in [2.45, 2.75) is 39.4 Å². The molecule has 2 rings (SSSR count). The van der Waals surface area contributed by atoms with E-state index >= 15 is 0 Å². The van der Waals surface area contributed by atoms with Gasteiger partial charge >= 0.3 is 11.9 Å². The summed E-state index contributed by atoms with van der Waals surface area (Å²) in [6.07, 6.45) is 1.71. The quantitative estimate of drug-likeness (QED) is 0.286. The maximum absolute atomic E-state index is 11.6. The summed E-state index contributed by atoms with van der Waals surface area (Å²) in [6, 6.07) is 0. The zero-order valence-corrected chi connectivity index (χ0v) is 16.9. The van der Waals surface area contributed by atoms with Crippen molar-refractivity contribution >= 4 is 40.5 Å². The number of esters is 1. The topological polar surface area (TPSA) is 111 Å². The summed E-state index contributed by atoms with van der Waals surface area (Å²) < 4.78 is 6.36. The zero-order chi connectivity index (χ0) is 19.8. The van der Waals surface area contributed by atoms with Crippen LogP contribution < -0.4 is 10.6 Å². The number of fused-ring (bicyclic) bond motifs is 1. The number of nitrogens with zero attached hydrogens (tertiary/aromatic N) is 4. The number of carbonyl (C=O) groups excluding carboxylic acids is 2. The fraction of sp³-hybridized carbons (Fsp3) is 0.588. The maximum Gasteiger partial charge on any atom is 0.396 e. The van der Waals surface area contributed by atoms with E-state index in [4.69, 9.17) is 0 Å². The number of hydrogen-bond donors (Lipinski definition) is 2. The highest BCUT2D eigenvalue weighted by Crippen LogP contribution is 2.24. The third-order valence-corrected chi connectivity index (χ3v) is 4.23. The van der Waals surface area contributed by atoms with Gasteiger partial charge in [-0.15, -0.1) is 0 Å². The van der Waals surface area contributed by atoms with E-state index in [0.717, 1.165) is 23.5 Å². The summed E-state index contributed by atoms with van der Waals surface area (Å²) in [5.41, 5.74) is 0.692. The highest BCUT2D eigenvalue weighted by Gasteiger charge is 2.16. The Labute approximate surface area is 162 Å². The molecule has 0 aliphatic carbocycles. The lowest BCUT2D eigenvalue weighted by molar-refractivity contribution is -0.154. The van der Waals surface area contributed by atoms with E-state index in [0.29, 0.717) is 23.3 Å². The van der Waals surface area contributed by atoms with E-state index in [1.165, 1.54) is 0 Å². The molecule has 1 amide bonds. The summed E-state index contributed by atoms with van der Waals surface area (Å²) in [5.74, 6) is 0.451. The average Bonchev–Trinajstić information content (AvgIpc) is 3.03. The molecule has 0 radical (unpaired) electrons. The summed E-state index contributed by atoms with van der Waals surface area (Å²) >= 11 is 1.55. The van der Waals surface area contributed by atoms with Crippen molar-refractivity contribution in [1.82, 2.24) is 25.1 Å². The Morgan fingerprint density at radius 3 is 2.74 bits per heavy atom. The Hall–Kier alpha value is -2.36. The monoisotopic (exact) mass is 394 g/mol. The molecule has 0 aliphatic heterocycles. The molecule has 2 N–H and O–H groups in total. The Kier molecular flexibility index (Phi) is 7.83. The first-order valence-electron chi connectivity index (χ1n) is 9.01. The van der Waals surface area contributed by atoms with Crippen molar-refractivity contribution in [1.29, 1.82) is 0 Å². The SMILES string of the molecule is CCOC(=O)C(=O)NCCn1ncc2c(NCC(C)C)nc(SCC)nc21. The molecule has 0 aromatic carbocycles. The van der Waals surface area contributed by atoms with Crippen LogP contribution in [0.1, 0.15) is 27.7 Å². The molecule has 0 saturated heterocycles. The average molecular weight is 395 g/mol. The second-order valence-corrected chi connectivity index (χ2v) is 7.38. The van der Waals surface area contributed by atoms with Crippen LogP contribution in [0.3, 0.4) is 0 Å². The van der Waals surface area contributed by atoms with Gasteiger partial charge in [0.1, 0.15) is 5.82 Å². The van der Waals surface area contributed by atoms with Crippen LogP contribution in [0.4, 0.5) is 5.82 Å². The fourth-order valence-corrected chi connectivity index (χ4v) is 2.84. The van der Waals surface area contributed by atoms with E-state index in [-0.39, 0.29) is 13.2 Å². The summed E-state index contributed by atoms with van der Waals surface area (Å²) in [7, 11) is 0. The number of thioether (sulfide) groups is 1. The largest absolute Gasteiger partial charge is 0.459 e. The lowest BCUT2D eigenvalue weighted by Gasteiger charge is -2.11. The number of amides is 1. The van der Waals surface area contributed by atoms with Gasteiger partial charge < -0.3 is 15.4 Å². The van der Waals surface area contributed by atoms with Crippen LogP contribution in [0, 0.1) is 5.92 Å². The molecule has 27 heavy (non-hydrogen) atoms. The molecule has 10 heteroatoms. The minimum Gasteiger partial charge on any atom is -0.459 e. The van der Waals surface area contributed by atoms with Crippen molar-refractivity contribution in [3.05, 3.63) is 6.20 Å². The van der Waals surface area contributed by atoms with Crippen molar-refractivity contribution < 1.29 is 14.3 Å². The van der Waals surface area contributed by atoms with Gasteiger partial charge in [-0.3, -0.25) is 4.79 Å². The van der Waals surface area contributed by atoms with Gasteiger partial charge in [0.2, 0.25) is 0 Å². The highest BCUT2D eigenvalue weighted by molar-refractivity contribution is 7.99. The molecule has 0 unspecified atom stereocenters. The molecule has 0 atom stereocenters. The van der Waals surface area contributed by atoms with E-state index in [1.807, 2.05) is 6.92 Å². The molecule has 0 saturated carbocycles. The Morgan fingerprint density at radius 1 is 1.30 bits per heavy atom. The third kappa shape index (κ3) is 5.81. The number of nitrogens with one attached hydrogen (secondary N) is 2. The summed E-state index contributed by atoms with van der Waals surface area (Å²) in [4.78, 5) is 32.1. The summed E-state index contributed by atoms with van der Waals surface area (Å²) in [5, 5.41) is 11.7. The van der Waals surface area contributed by atoms with Crippen LogP contribution in [0.2, 0.25) is 0 Å². The van der Waals surface area contributed by atoms with E-state index < -0.39 is 11.9 Å². The van der Waals surface area contributed by atoms with Crippen LogP contribution in [0.15, 0.2) is 11.4 Å². The molecule has 2 heterocycles. The third-order valence-electron chi connectivity index (χ3n) is 3.50. The molecule has 2 aromatic rings. The predicted octanol–water partition coefficient (Wildman–Crippen LogP) is 1.69. The fourth-order valence-electron chi connectivity index (χ4n) is 2.27. The number of carbonyl (C=O) groups is 2. The van der Waals surface area contributed by atoms with E-state index in [2.05, 4.69) is 44.3 Å². The Bertz CT molecular complexity index is 792. The van der Waals surface area contributed by atoms with Gasteiger partial charge in [0.05, 0.1) is 24.7 Å². The number of aromatic nitrogens is 4. The molecule has 0 spiro atoms. The molecule has 148 valence electrons. The molecule has 0 bridgehead atoms. The molecular formula is C17H26N6O3S. The minimum atomic E-state index is -0.882. The number of ether oxygens (including phenoxy) is 1. The van der Waals surface area contributed by atoms with E-state index in [1.54, 1.807) is 29.6 Å². The van der Waals surface area contributed by atoms with Crippen molar-refractivity contribution in [2.75, 3.05) is 30.8 Å². The van der Waals surface area contributed by atoms with E-state index in [9.17, 15) is 9.59 Å². The van der Waals surface area contributed by atoms with Crippen LogP contribution in [0.5, 0.6) is 0 Å². The molecule has 9 nitrogen and oxygen atoms in total. The van der Waals surface area contributed by atoms with Gasteiger partial charge in [-0.25, -0.2) is 19.4 Å². The van der Waals surface area contributed by atoms with Gasteiger partial charge in [0.15, 0.2) is 10.8 Å². The number of hydrogen-bond acceptors (Lipinski definition) is 8. The van der Waals surface area contributed by atoms with Crippen molar-refractivity contribution in [3.8, 4) is 0 Å². The van der Waals surface area contributed by atoms with Gasteiger partial charge in [0, 0.05) is 13.1 Å². The van der Waals surface area contributed by atoms with Gasteiger partial charge in [-0.2, -0.15) is 5.10 Å². The van der Waals surface area contributed by atoms with Gasteiger partial charge in [0.25, 0.3) is 0 Å². The van der Waals surface area contributed by atoms with Crippen LogP contribution in [-0.2, 0) is 20.9 Å². The van der Waals surface area contributed by atoms with Gasteiger partial charge in [-0.05, 0) is 18.6 Å². The number of anilines is 1. The lowest BCUT2D eigenvalue weighted by Crippen LogP contribution is -2.34. The second kappa shape index (κ2) is 10.1. The van der Waals surface area contributed by atoms with Crippen molar-refractivity contribution in [3.63, 3.8) is 0 Å². The number of rotatable bonds is 9. The smallest absolute Gasteiger partial charge is 0.396 e. The highest BCUT2D eigenvalue weighted by atomic mass is 32.2. The molecule has 2 aromatic heterocycles.